The summed E-state index contributed by atoms with van der Waals surface area (Å²) in [6.07, 6.45) is 26.0. The lowest BCUT2D eigenvalue weighted by Crippen LogP contribution is -2.25. The van der Waals surface area contributed by atoms with E-state index in [0.717, 1.165) is 135 Å². The highest BCUT2D eigenvalue weighted by Crippen LogP contribution is 2.59. The van der Waals surface area contributed by atoms with Crippen molar-refractivity contribution in [1.29, 1.82) is 0 Å². The predicted molar refractivity (Wildman–Crippen MR) is 502 cm³/mol. The topological polar surface area (TPSA) is 57.4 Å². The van der Waals surface area contributed by atoms with Crippen molar-refractivity contribution in [2.24, 2.45) is 0 Å². The van der Waals surface area contributed by atoms with Gasteiger partial charge in [0.1, 0.15) is 0 Å². The Bertz CT molecular complexity index is 5480. The summed E-state index contributed by atoms with van der Waals surface area (Å²) in [4.78, 5) is 21.1. The zero-order valence-electron chi connectivity index (χ0n) is 73.1. The zero-order valence-corrected chi connectivity index (χ0v) is 76.3. The molecule has 2 N–H and O–H groups in total. The number of H-pyrrole nitrogens is 2. The summed E-state index contributed by atoms with van der Waals surface area (Å²) in [7, 11) is 0. The second-order valence-corrected chi connectivity index (χ2v) is 42.3. The lowest BCUT2D eigenvalue weighted by molar-refractivity contribution is 0.405. The molecule has 2 aliphatic heterocycles. The normalized spacial score (nSPS) is 14.5. The molecule has 7 aromatic carbocycles. The van der Waals surface area contributed by atoms with Gasteiger partial charge in [0.05, 0.1) is 22.8 Å². The summed E-state index contributed by atoms with van der Waals surface area (Å²) < 4.78 is 2.22. The molecule has 0 unspecified atom stereocenters. The number of hydrogen-bond donors (Lipinski definition) is 2. The zero-order chi connectivity index (χ0) is 81.6. The van der Waals surface area contributed by atoms with Crippen molar-refractivity contribution in [3.05, 3.63) is 245 Å². The maximum atomic E-state index is 6.28. The third-order valence-electron chi connectivity index (χ3n) is 25.8. The van der Waals surface area contributed by atoms with Crippen molar-refractivity contribution in [3.63, 3.8) is 0 Å². The van der Waals surface area contributed by atoms with Crippen LogP contribution in [0.25, 0.3) is 113 Å². The van der Waals surface area contributed by atoms with Crippen LogP contribution < -0.4 is 0 Å². The van der Waals surface area contributed by atoms with Crippen LogP contribution in [0.2, 0.25) is 0 Å². The molecule has 0 fully saturated rings. The van der Waals surface area contributed by atoms with Crippen LogP contribution in [-0.4, -0.2) is 19.9 Å². The number of aromatic nitrogens is 4. The maximum absolute atomic E-state index is 6.28. The fourth-order valence-electron chi connectivity index (χ4n) is 18.9. The van der Waals surface area contributed by atoms with Crippen LogP contribution in [0.3, 0.4) is 0 Å². The van der Waals surface area contributed by atoms with Gasteiger partial charge in [0.15, 0.2) is 0 Å². The monoisotopic (exact) mass is 1640 g/mol. The van der Waals surface area contributed by atoms with Crippen LogP contribution >= 0.6 is 31.9 Å². The van der Waals surface area contributed by atoms with Crippen molar-refractivity contribution in [2.45, 2.75) is 298 Å². The van der Waals surface area contributed by atoms with Gasteiger partial charge in [-0.3, -0.25) is 0 Å². The molecule has 114 heavy (non-hydrogen) atoms. The van der Waals surface area contributed by atoms with Crippen molar-refractivity contribution in [3.8, 4) is 66.8 Å². The van der Waals surface area contributed by atoms with Gasteiger partial charge in [0, 0.05) is 69.7 Å². The summed E-state index contributed by atoms with van der Waals surface area (Å²) in [6, 6.07) is 61.3. The molecule has 6 heteroatoms. The second kappa shape index (κ2) is 31.5. The van der Waals surface area contributed by atoms with Gasteiger partial charge in [-0.2, -0.15) is 0 Å². The number of nitrogens with zero attached hydrogens (tertiary/aromatic N) is 2. The molecule has 0 atom stereocenters. The smallest absolute Gasteiger partial charge is 0.0743 e. The minimum atomic E-state index is -0.163. The first-order valence-corrected chi connectivity index (χ1v) is 45.1. The van der Waals surface area contributed by atoms with Crippen LogP contribution in [0.1, 0.15) is 339 Å². The summed E-state index contributed by atoms with van der Waals surface area (Å²) in [5, 5.41) is 0. The Kier molecular flexibility index (Phi) is 22.8. The molecule has 0 amide bonds. The van der Waals surface area contributed by atoms with Gasteiger partial charge in [-0.15, -0.1) is 0 Å². The molecule has 10 aromatic rings. The third-order valence-corrected chi connectivity index (χ3v) is 26.8. The van der Waals surface area contributed by atoms with E-state index in [1.807, 2.05) is 0 Å². The van der Waals surface area contributed by atoms with Crippen LogP contribution in [0.4, 0.5) is 0 Å². The van der Waals surface area contributed by atoms with Gasteiger partial charge >= 0.3 is 0 Å². The van der Waals surface area contributed by atoms with E-state index in [9.17, 15) is 0 Å². The van der Waals surface area contributed by atoms with Gasteiger partial charge in [0.25, 0.3) is 0 Å². The Morgan fingerprint density at radius 3 is 0.982 bits per heavy atom. The first-order chi connectivity index (χ1) is 53.8. The molecular weight excluding hydrogens is 1510 g/mol. The highest BCUT2D eigenvalue weighted by atomic mass is 79.9. The molecule has 4 nitrogen and oxygen atoms in total. The van der Waals surface area contributed by atoms with Crippen molar-refractivity contribution < 1.29 is 0 Å². The predicted octanol–water partition coefficient (Wildman–Crippen LogP) is 32.9. The summed E-state index contributed by atoms with van der Waals surface area (Å²) in [5.74, 6) is 0. The number of rotatable bonds is 21. The number of hydrogen-bond acceptors (Lipinski definition) is 2. The van der Waals surface area contributed by atoms with Crippen molar-refractivity contribution >= 4 is 77.7 Å². The van der Waals surface area contributed by atoms with Crippen LogP contribution in [0.5, 0.6) is 0 Å². The van der Waals surface area contributed by atoms with E-state index in [2.05, 4.69) is 364 Å². The van der Waals surface area contributed by atoms with E-state index < -0.39 is 0 Å². The van der Waals surface area contributed by atoms with Gasteiger partial charge in [-0.25, -0.2) is 9.97 Å². The quantitative estimate of drug-likeness (QED) is 0.0705. The van der Waals surface area contributed by atoms with Gasteiger partial charge < -0.3 is 9.97 Å². The highest BCUT2D eigenvalue weighted by Gasteiger charge is 2.45. The Hall–Kier alpha value is -7.90. The number of unbranched alkanes of at least 4 members (excludes halogenated alkanes) is 8. The third kappa shape index (κ3) is 16.1. The highest BCUT2D eigenvalue weighted by molar-refractivity contribution is 9.10. The standard InChI is InChI=1S/C108H128Br2N4/c1-23-27-31-47-107(48-32-28-24-2)86-39-35-67(57-82(86)84-62-78(109)37-41-88(84)107)80-64-96-99(70-53-74(103(11,12)13)60-75(54-70)104(14,15)16)92-45-43-90(111-92)98(69-51-72(101(5,6)7)59-73(52-69)102(8,9)10)91-44-46-93(112-91)100(71-55-76(105(17,18)19)61-77(56-71)106(20,21)22)97-65-81(95(114-97)66-94(80)113-96)68-36-40-87-83(58-68)85-63-79(110)38-42-89(85)108(87,49-33-29-25-3)50-34-30-26-4/h35-46,51-66,111,114H,23-34,47-50H2,1-22H3. The first kappa shape index (κ1) is 82.6. The average molecular weight is 1640 g/mol. The minimum absolute atomic E-state index is 0.0882. The van der Waals surface area contributed by atoms with E-state index in [1.54, 1.807) is 0 Å². The molecule has 8 bridgehead atoms. The first-order valence-electron chi connectivity index (χ1n) is 43.5. The SMILES string of the molecule is CCCCCC1(CCCCC)c2ccc(Br)cc2-c2cc(C3=Cc4nc3cc3[nH]c(cc3-c3ccc5c(c3)-c3cc(Br)ccc3C5(CCCCC)CCCCC)c(-c3cc(C(C)(C)C)cc(C(C)(C)C)c3)c3nc(c(-c5cc(C(C)(C)C)cc(C(C)(C)C)c5)c5ccc([nH]5)c4-c4cc(C(C)(C)C)cc(C(C)(C)C)c4)C=C3)ccc21. The molecular formula is C108H128Br2N4. The molecule has 594 valence electrons. The number of benzene rings is 7. The maximum Gasteiger partial charge on any atom is 0.0743 e. The summed E-state index contributed by atoms with van der Waals surface area (Å²) >= 11 is 8.10. The fraction of sp³-hybridized carbons (Fsp3) is 0.426. The van der Waals surface area contributed by atoms with E-state index in [-0.39, 0.29) is 43.3 Å². The number of nitrogens with one attached hydrogen (secondary N) is 2. The number of halogens is 2. The van der Waals surface area contributed by atoms with E-state index in [4.69, 9.17) is 9.97 Å². The van der Waals surface area contributed by atoms with E-state index in [0.29, 0.717) is 0 Å². The summed E-state index contributed by atoms with van der Waals surface area (Å²) in [5.41, 5.74) is 36.6. The number of aromatic amines is 2. The molecule has 5 heterocycles. The molecule has 14 rings (SSSR count). The molecule has 0 saturated heterocycles. The van der Waals surface area contributed by atoms with Gasteiger partial charge in [-0.1, -0.05) is 352 Å². The molecule has 3 aromatic heterocycles. The second-order valence-electron chi connectivity index (χ2n) is 40.5. The van der Waals surface area contributed by atoms with Crippen LogP contribution in [0, 0.1) is 0 Å². The van der Waals surface area contributed by atoms with E-state index >= 15 is 0 Å². The molecule has 2 aliphatic carbocycles. The Morgan fingerprint density at radius 1 is 0.289 bits per heavy atom. The molecule has 0 saturated carbocycles. The van der Waals surface area contributed by atoms with Gasteiger partial charge in [0.2, 0.25) is 0 Å². The van der Waals surface area contributed by atoms with Gasteiger partial charge in [-0.05, 0) is 243 Å². The molecule has 0 spiro atoms. The minimum Gasteiger partial charge on any atom is -0.354 e. The van der Waals surface area contributed by atoms with E-state index in [1.165, 1.54) is 155 Å². The molecule has 0 radical (unpaired) electrons. The van der Waals surface area contributed by atoms with Crippen LogP contribution in [-0.2, 0) is 43.3 Å². The molecule has 4 aliphatic rings. The average Bonchev–Trinajstić information content (AvgIpc) is 1.57. The summed E-state index contributed by atoms with van der Waals surface area (Å²) in [6.45, 7) is 51.8. The fourth-order valence-corrected chi connectivity index (χ4v) is 19.6. The lowest BCUT2D eigenvalue weighted by atomic mass is 9.70. The van der Waals surface area contributed by atoms with Crippen molar-refractivity contribution in [2.75, 3.05) is 0 Å². The Morgan fingerprint density at radius 2 is 0.614 bits per heavy atom. The largest absolute Gasteiger partial charge is 0.354 e. The van der Waals surface area contributed by atoms with Crippen molar-refractivity contribution in [1.82, 2.24) is 19.9 Å². The van der Waals surface area contributed by atoms with Crippen LogP contribution in [0.15, 0.2) is 161 Å². The number of fused-ring (bicyclic) bond motifs is 14. The Balaban J connectivity index is 1.19. The lowest BCUT2D eigenvalue weighted by Gasteiger charge is -2.33. The Labute approximate surface area is 702 Å².